The highest BCUT2D eigenvalue weighted by atomic mass is 35.5. The first-order chi connectivity index (χ1) is 18.0. The van der Waals surface area contributed by atoms with Gasteiger partial charge >= 0.3 is 12.1 Å². The molecule has 1 aromatic carbocycles. The third kappa shape index (κ3) is 6.29. The maximum Gasteiger partial charge on any atom is 0.410 e. The lowest BCUT2D eigenvalue weighted by Gasteiger charge is -2.43. The van der Waals surface area contributed by atoms with Crippen molar-refractivity contribution < 1.29 is 28.5 Å². The Morgan fingerprint density at radius 2 is 1.76 bits per heavy atom. The molecule has 206 valence electrons. The minimum Gasteiger partial charge on any atom is -0.487 e. The molecule has 4 atom stereocenters. The number of hydrogen-bond donors (Lipinski definition) is 0. The Bertz CT molecular complexity index is 1140. The molecule has 2 aromatic rings. The number of carbonyl (C=O) groups is 2. The minimum absolute atomic E-state index is 0.00532. The van der Waals surface area contributed by atoms with Crippen molar-refractivity contribution in [3.8, 4) is 11.6 Å². The Morgan fingerprint density at radius 3 is 2.37 bits per heavy atom. The highest BCUT2D eigenvalue weighted by molar-refractivity contribution is 6.37. The molecule has 0 radical (unpaired) electrons. The van der Waals surface area contributed by atoms with Gasteiger partial charge in [-0.3, -0.25) is 4.79 Å². The molecule has 2 bridgehead atoms. The van der Waals surface area contributed by atoms with E-state index in [1.54, 1.807) is 29.3 Å². The largest absolute Gasteiger partial charge is 0.487 e. The molecule has 4 rings (SSSR count). The zero-order valence-electron chi connectivity index (χ0n) is 22.3. The molecule has 0 aliphatic carbocycles. The van der Waals surface area contributed by atoms with Crippen molar-refractivity contribution in [3.05, 3.63) is 51.6 Å². The maximum atomic E-state index is 13.0. The minimum atomic E-state index is -0.614. The van der Waals surface area contributed by atoms with Gasteiger partial charge in [-0.05, 0) is 70.2 Å². The van der Waals surface area contributed by atoms with Gasteiger partial charge in [0.15, 0.2) is 5.75 Å². The third-order valence-corrected chi connectivity index (χ3v) is 7.47. The number of benzene rings is 1. The van der Waals surface area contributed by atoms with Crippen molar-refractivity contribution in [2.75, 3.05) is 20.3 Å². The fourth-order valence-electron chi connectivity index (χ4n) is 5.41. The lowest BCUT2D eigenvalue weighted by Crippen LogP contribution is -2.54. The van der Waals surface area contributed by atoms with Crippen LogP contribution in [0.1, 0.15) is 57.1 Å². The van der Waals surface area contributed by atoms with Gasteiger partial charge in [-0.15, -0.1) is 0 Å². The van der Waals surface area contributed by atoms with Crippen LogP contribution < -0.4 is 9.47 Å². The summed E-state index contributed by atoms with van der Waals surface area (Å²) >= 11 is 12.4. The van der Waals surface area contributed by atoms with Crippen molar-refractivity contribution in [2.45, 2.75) is 70.6 Å². The van der Waals surface area contributed by atoms with Crippen LogP contribution in [-0.2, 0) is 14.3 Å². The zero-order valence-corrected chi connectivity index (χ0v) is 23.8. The van der Waals surface area contributed by atoms with E-state index < -0.39 is 11.5 Å². The van der Waals surface area contributed by atoms with Gasteiger partial charge in [0, 0.05) is 30.3 Å². The molecule has 8 nitrogen and oxygen atoms in total. The highest BCUT2D eigenvalue weighted by Gasteiger charge is 2.53. The lowest BCUT2D eigenvalue weighted by atomic mass is 9.76. The van der Waals surface area contributed by atoms with E-state index in [1.165, 1.54) is 7.11 Å². The number of amides is 1. The van der Waals surface area contributed by atoms with Gasteiger partial charge in [-0.25, -0.2) is 9.78 Å². The van der Waals surface area contributed by atoms with Gasteiger partial charge in [-0.1, -0.05) is 29.3 Å². The SMILES string of the molecule is COC(=O)C1C(c2ccc(OCCOc3c(Cl)cc(C)cc3Cl)nc2)CC2CCC1N2C(=O)OC(C)(C)C. The van der Waals surface area contributed by atoms with Gasteiger partial charge in [-0.2, -0.15) is 0 Å². The zero-order chi connectivity index (χ0) is 27.6. The fourth-order valence-corrected chi connectivity index (χ4v) is 6.12. The first-order valence-electron chi connectivity index (χ1n) is 12.7. The van der Waals surface area contributed by atoms with Crippen LogP contribution in [0.25, 0.3) is 0 Å². The third-order valence-electron chi connectivity index (χ3n) is 6.91. The number of pyridine rings is 1. The van der Waals surface area contributed by atoms with Gasteiger partial charge in [0.2, 0.25) is 5.88 Å². The highest BCUT2D eigenvalue weighted by Crippen LogP contribution is 2.48. The number of carbonyl (C=O) groups excluding carboxylic acids is 2. The predicted octanol–water partition coefficient (Wildman–Crippen LogP) is 6.20. The quantitative estimate of drug-likeness (QED) is 0.292. The summed E-state index contributed by atoms with van der Waals surface area (Å²) in [5, 5.41) is 0.897. The molecule has 1 aromatic heterocycles. The average Bonchev–Trinajstić information content (AvgIpc) is 3.15. The maximum absolute atomic E-state index is 13.0. The topological polar surface area (TPSA) is 87.2 Å². The van der Waals surface area contributed by atoms with Gasteiger partial charge < -0.3 is 23.8 Å². The van der Waals surface area contributed by atoms with E-state index in [0.717, 1.165) is 24.0 Å². The van der Waals surface area contributed by atoms with Crippen LogP contribution in [0.2, 0.25) is 10.0 Å². The molecule has 0 saturated carbocycles. The number of halogens is 2. The van der Waals surface area contributed by atoms with Crippen LogP contribution in [-0.4, -0.2) is 60.0 Å². The summed E-state index contributed by atoms with van der Waals surface area (Å²) < 4.78 is 22.3. The monoisotopic (exact) mass is 564 g/mol. The Hall–Kier alpha value is -2.71. The molecule has 1 amide bonds. The number of esters is 1. The second kappa shape index (κ2) is 11.6. The smallest absolute Gasteiger partial charge is 0.410 e. The number of nitrogens with zero attached hydrogens (tertiary/aromatic N) is 2. The van der Waals surface area contributed by atoms with Crippen LogP contribution in [0, 0.1) is 12.8 Å². The van der Waals surface area contributed by atoms with E-state index in [2.05, 4.69) is 4.98 Å². The van der Waals surface area contributed by atoms with E-state index in [4.69, 9.17) is 42.1 Å². The van der Waals surface area contributed by atoms with Gasteiger partial charge in [0.05, 0.1) is 23.1 Å². The van der Waals surface area contributed by atoms with Crippen molar-refractivity contribution >= 4 is 35.3 Å². The number of aromatic nitrogens is 1. The number of fused-ring (bicyclic) bond motifs is 2. The Morgan fingerprint density at radius 1 is 1.08 bits per heavy atom. The molecule has 0 N–H and O–H groups in total. The number of hydrogen-bond acceptors (Lipinski definition) is 7. The Kier molecular flexibility index (Phi) is 8.62. The number of aryl methyl sites for hydroxylation is 1. The molecule has 3 heterocycles. The Labute approximate surface area is 233 Å². The van der Waals surface area contributed by atoms with Crippen molar-refractivity contribution in [1.29, 1.82) is 0 Å². The van der Waals surface area contributed by atoms with Crippen molar-refractivity contribution in [1.82, 2.24) is 9.88 Å². The average molecular weight is 565 g/mol. The molecule has 2 aliphatic rings. The normalized spacial score (nSPS) is 22.7. The van der Waals surface area contributed by atoms with Crippen molar-refractivity contribution in [3.63, 3.8) is 0 Å². The first-order valence-corrected chi connectivity index (χ1v) is 13.5. The van der Waals surface area contributed by atoms with Gasteiger partial charge in [0.25, 0.3) is 0 Å². The van der Waals surface area contributed by atoms with E-state index in [9.17, 15) is 9.59 Å². The molecule has 0 spiro atoms. The molecule has 4 unspecified atom stereocenters. The van der Waals surface area contributed by atoms with E-state index >= 15 is 0 Å². The van der Waals surface area contributed by atoms with Crippen molar-refractivity contribution in [2.24, 2.45) is 5.92 Å². The first kappa shape index (κ1) is 28.3. The summed E-state index contributed by atoms with van der Waals surface area (Å²) in [4.78, 5) is 32.1. The van der Waals surface area contributed by atoms with Crippen LogP contribution in [0.4, 0.5) is 4.79 Å². The summed E-state index contributed by atoms with van der Waals surface area (Å²) in [6, 6.07) is 6.98. The summed E-state index contributed by atoms with van der Waals surface area (Å²) in [6.07, 6.45) is 3.52. The van der Waals surface area contributed by atoms with Gasteiger partial charge in [0.1, 0.15) is 18.8 Å². The molecule has 2 saturated heterocycles. The summed E-state index contributed by atoms with van der Waals surface area (Å²) in [5.74, 6) is -0.110. The summed E-state index contributed by atoms with van der Waals surface area (Å²) in [6.45, 7) is 7.91. The van der Waals surface area contributed by atoms with Crippen LogP contribution in [0.3, 0.4) is 0 Å². The number of methoxy groups -OCH3 is 1. The molecule has 2 aliphatic heterocycles. The molecule has 38 heavy (non-hydrogen) atoms. The molecular formula is C28H34Cl2N2O6. The lowest BCUT2D eigenvalue weighted by molar-refractivity contribution is -0.150. The molecule has 2 fully saturated rings. The predicted molar refractivity (Wildman–Crippen MR) is 144 cm³/mol. The second-order valence-electron chi connectivity index (χ2n) is 10.8. The summed E-state index contributed by atoms with van der Waals surface area (Å²) in [5.41, 5.74) is 1.24. The van der Waals surface area contributed by atoms with E-state index in [0.29, 0.717) is 28.1 Å². The standard InChI is InChI=1S/C28H34Cl2N2O6/c1-16-12-20(29)25(21(30)13-16)37-11-10-36-23-9-6-17(15-31-23)19-14-18-7-8-22(24(19)26(33)35-5)32(18)27(34)38-28(2,3)4/h6,9,12-13,15,18-19,22,24H,7-8,10-11,14H2,1-5H3. The molecular weight excluding hydrogens is 531 g/mol. The van der Waals surface area contributed by atoms with E-state index in [-0.39, 0.29) is 43.3 Å². The fraction of sp³-hybridized carbons (Fsp3) is 0.536. The number of piperidine rings is 1. The van der Waals surface area contributed by atoms with Crippen LogP contribution >= 0.6 is 23.2 Å². The van der Waals surface area contributed by atoms with Crippen LogP contribution in [0.5, 0.6) is 11.6 Å². The number of rotatable bonds is 7. The Balaban J connectivity index is 1.41. The number of ether oxygens (including phenoxy) is 4. The molecule has 10 heteroatoms. The summed E-state index contributed by atoms with van der Waals surface area (Å²) in [7, 11) is 1.38. The second-order valence-corrected chi connectivity index (χ2v) is 11.6. The van der Waals surface area contributed by atoms with E-state index in [1.807, 2.05) is 33.8 Å². The van der Waals surface area contributed by atoms with Crippen LogP contribution in [0.15, 0.2) is 30.5 Å².